The number of aromatic nitrogens is 2. The molecule has 0 unspecified atom stereocenters. The highest BCUT2D eigenvalue weighted by Crippen LogP contribution is 2.17. The Morgan fingerprint density at radius 2 is 2.35 bits per heavy atom. The lowest BCUT2D eigenvalue weighted by Crippen LogP contribution is -1.96. The summed E-state index contributed by atoms with van der Waals surface area (Å²) in [6.45, 7) is 1.75. The number of nitrogens with zero attached hydrogens (tertiary/aromatic N) is 3. The quantitative estimate of drug-likeness (QED) is 0.810. The maximum absolute atomic E-state index is 13.2. The molecule has 0 aliphatic rings. The third-order valence-corrected chi connectivity index (χ3v) is 1.99. The Hall–Kier alpha value is -2.42. The topological polar surface area (TPSA) is 71.9 Å². The van der Waals surface area contributed by atoms with E-state index < -0.39 is 5.82 Å². The number of benzene rings is 1. The van der Waals surface area contributed by atoms with E-state index in [1.165, 1.54) is 12.1 Å². The normalized spacial score (nSPS) is 9.94. The number of ether oxygens (including phenoxy) is 1. The molecule has 0 aliphatic heterocycles. The molecule has 0 radical (unpaired) electrons. The van der Waals surface area contributed by atoms with Gasteiger partial charge in [0.25, 0.3) is 5.89 Å². The fraction of sp³-hybridized carbons (Fsp3) is 0.182. The van der Waals surface area contributed by atoms with Gasteiger partial charge in [0, 0.05) is 6.07 Å². The fourth-order valence-electron chi connectivity index (χ4n) is 1.22. The number of rotatable bonds is 3. The van der Waals surface area contributed by atoms with E-state index in [2.05, 4.69) is 10.1 Å². The smallest absolute Gasteiger partial charge is 0.264 e. The molecule has 2 aromatic rings. The molecule has 1 heterocycles. The zero-order valence-electron chi connectivity index (χ0n) is 8.98. The van der Waals surface area contributed by atoms with Crippen LogP contribution in [-0.4, -0.2) is 10.1 Å². The SMILES string of the molecule is Cc1noc(COc2ccc(C#N)c(F)c2)n1. The van der Waals surface area contributed by atoms with Gasteiger partial charge < -0.3 is 9.26 Å². The van der Waals surface area contributed by atoms with Crippen LogP contribution in [0.1, 0.15) is 17.3 Å². The van der Waals surface area contributed by atoms with Crippen molar-refractivity contribution >= 4 is 0 Å². The highest BCUT2D eigenvalue weighted by molar-refractivity contribution is 5.36. The van der Waals surface area contributed by atoms with Gasteiger partial charge in [-0.1, -0.05) is 5.16 Å². The maximum Gasteiger partial charge on any atom is 0.264 e. The molecule has 0 bridgehead atoms. The van der Waals surface area contributed by atoms with Gasteiger partial charge in [-0.15, -0.1) is 0 Å². The van der Waals surface area contributed by atoms with Crippen molar-refractivity contribution in [2.45, 2.75) is 13.5 Å². The zero-order valence-corrected chi connectivity index (χ0v) is 8.98. The van der Waals surface area contributed by atoms with Gasteiger partial charge in [-0.2, -0.15) is 10.2 Å². The molecule has 0 N–H and O–H groups in total. The Kier molecular flexibility index (Phi) is 3.01. The van der Waals surface area contributed by atoms with E-state index in [0.717, 1.165) is 6.07 Å². The molecule has 0 saturated heterocycles. The van der Waals surface area contributed by atoms with Gasteiger partial charge in [0.05, 0.1) is 5.56 Å². The first-order chi connectivity index (χ1) is 8.19. The monoisotopic (exact) mass is 233 g/mol. The summed E-state index contributed by atoms with van der Waals surface area (Å²) in [4.78, 5) is 3.93. The summed E-state index contributed by atoms with van der Waals surface area (Å²) < 4.78 is 23.3. The predicted octanol–water partition coefficient (Wildman–Crippen LogP) is 1.97. The summed E-state index contributed by atoms with van der Waals surface area (Å²) >= 11 is 0. The highest BCUT2D eigenvalue weighted by atomic mass is 19.1. The molecular weight excluding hydrogens is 225 g/mol. The summed E-state index contributed by atoms with van der Waals surface area (Å²) in [5.41, 5.74) is -0.0222. The minimum absolute atomic E-state index is 0.0222. The first-order valence-corrected chi connectivity index (χ1v) is 4.80. The van der Waals surface area contributed by atoms with Crippen molar-refractivity contribution in [1.82, 2.24) is 10.1 Å². The molecule has 17 heavy (non-hydrogen) atoms. The lowest BCUT2D eigenvalue weighted by atomic mass is 10.2. The van der Waals surface area contributed by atoms with Gasteiger partial charge >= 0.3 is 0 Å². The van der Waals surface area contributed by atoms with Crippen LogP contribution in [0.3, 0.4) is 0 Å². The van der Waals surface area contributed by atoms with Crippen LogP contribution in [0.15, 0.2) is 22.7 Å². The molecular formula is C11H8FN3O2. The van der Waals surface area contributed by atoms with Crippen molar-refractivity contribution in [3.05, 3.63) is 41.3 Å². The van der Waals surface area contributed by atoms with Crippen LogP contribution in [0.5, 0.6) is 5.75 Å². The second kappa shape index (κ2) is 4.61. The number of hydrogen-bond donors (Lipinski definition) is 0. The Balaban J connectivity index is 2.05. The maximum atomic E-state index is 13.2. The van der Waals surface area contributed by atoms with E-state index in [9.17, 15) is 4.39 Å². The highest BCUT2D eigenvalue weighted by Gasteiger charge is 2.06. The standard InChI is InChI=1S/C11H8FN3O2/c1-7-14-11(17-15-7)6-16-9-3-2-8(5-13)10(12)4-9/h2-4H,6H2,1H3. The van der Waals surface area contributed by atoms with Crippen molar-refractivity contribution < 1.29 is 13.7 Å². The van der Waals surface area contributed by atoms with Crippen molar-refractivity contribution in [3.63, 3.8) is 0 Å². The van der Waals surface area contributed by atoms with Crippen LogP contribution in [0.4, 0.5) is 4.39 Å². The Labute approximate surface area is 96.4 Å². The van der Waals surface area contributed by atoms with Gasteiger partial charge in [-0.3, -0.25) is 0 Å². The third kappa shape index (κ3) is 2.58. The van der Waals surface area contributed by atoms with Gasteiger partial charge in [-0.25, -0.2) is 4.39 Å². The van der Waals surface area contributed by atoms with Crippen LogP contribution in [-0.2, 0) is 6.61 Å². The van der Waals surface area contributed by atoms with E-state index in [1.54, 1.807) is 13.0 Å². The largest absolute Gasteiger partial charge is 0.484 e. The van der Waals surface area contributed by atoms with Gasteiger partial charge in [0.2, 0.25) is 0 Å². The van der Waals surface area contributed by atoms with E-state index in [-0.39, 0.29) is 12.2 Å². The third-order valence-electron chi connectivity index (χ3n) is 1.99. The van der Waals surface area contributed by atoms with Crippen LogP contribution >= 0.6 is 0 Å². The zero-order chi connectivity index (χ0) is 12.3. The molecule has 0 saturated carbocycles. The summed E-state index contributed by atoms with van der Waals surface area (Å²) in [6, 6.07) is 5.72. The van der Waals surface area contributed by atoms with E-state index >= 15 is 0 Å². The van der Waals surface area contributed by atoms with E-state index in [0.29, 0.717) is 17.5 Å². The Morgan fingerprint density at radius 3 is 2.94 bits per heavy atom. The average molecular weight is 233 g/mol. The van der Waals surface area contributed by atoms with Crippen molar-refractivity contribution in [3.8, 4) is 11.8 Å². The molecule has 6 heteroatoms. The van der Waals surface area contributed by atoms with Crippen molar-refractivity contribution in [1.29, 1.82) is 5.26 Å². The molecule has 0 aliphatic carbocycles. The minimum atomic E-state index is -0.619. The number of hydrogen-bond acceptors (Lipinski definition) is 5. The van der Waals surface area contributed by atoms with Gasteiger partial charge in [-0.05, 0) is 19.1 Å². The first kappa shape index (κ1) is 11.1. The van der Waals surface area contributed by atoms with Crippen LogP contribution in [0, 0.1) is 24.1 Å². The first-order valence-electron chi connectivity index (χ1n) is 4.80. The molecule has 0 amide bonds. The predicted molar refractivity (Wildman–Crippen MR) is 54.5 cm³/mol. The Morgan fingerprint density at radius 1 is 1.53 bits per heavy atom. The van der Waals surface area contributed by atoms with E-state index in [4.69, 9.17) is 14.5 Å². The average Bonchev–Trinajstić information content (AvgIpc) is 2.73. The molecule has 1 aromatic carbocycles. The Bertz CT molecular complexity index is 574. The van der Waals surface area contributed by atoms with Crippen LogP contribution in [0.2, 0.25) is 0 Å². The number of aryl methyl sites for hydroxylation is 1. The fourth-order valence-corrected chi connectivity index (χ4v) is 1.22. The molecule has 0 fully saturated rings. The summed E-state index contributed by atoms with van der Waals surface area (Å²) in [5.74, 6) is 0.505. The summed E-state index contributed by atoms with van der Waals surface area (Å²) in [6.07, 6.45) is 0. The molecule has 2 rings (SSSR count). The van der Waals surface area contributed by atoms with Crippen molar-refractivity contribution in [2.75, 3.05) is 0 Å². The molecule has 0 atom stereocenters. The van der Waals surface area contributed by atoms with Gasteiger partial charge in [0.1, 0.15) is 17.6 Å². The molecule has 86 valence electrons. The number of halogens is 1. The second-order valence-electron chi connectivity index (χ2n) is 3.28. The minimum Gasteiger partial charge on any atom is -0.484 e. The van der Waals surface area contributed by atoms with Crippen LogP contribution < -0.4 is 4.74 Å². The lowest BCUT2D eigenvalue weighted by Gasteiger charge is -2.03. The second-order valence-corrected chi connectivity index (χ2v) is 3.28. The molecule has 5 nitrogen and oxygen atoms in total. The van der Waals surface area contributed by atoms with Crippen LogP contribution in [0.25, 0.3) is 0 Å². The molecule has 0 spiro atoms. The van der Waals surface area contributed by atoms with Crippen molar-refractivity contribution in [2.24, 2.45) is 0 Å². The van der Waals surface area contributed by atoms with Gasteiger partial charge in [0.15, 0.2) is 12.4 Å². The van der Waals surface area contributed by atoms with E-state index in [1.807, 2.05) is 0 Å². The summed E-state index contributed by atoms with van der Waals surface area (Å²) in [5, 5.41) is 12.1. The lowest BCUT2D eigenvalue weighted by molar-refractivity contribution is 0.242. The summed E-state index contributed by atoms with van der Waals surface area (Å²) in [7, 11) is 0. The molecule has 1 aromatic heterocycles. The number of nitriles is 1.